The van der Waals surface area contributed by atoms with Crippen LogP contribution in [0.25, 0.3) is 0 Å². The third kappa shape index (κ3) is 3.33. The van der Waals surface area contributed by atoms with Gasteiger partial charge in [-0.25, -0.2) is 0 Å². The third-order valence-corrected chi connectivity index (χ3v) is 6.49. The van der Waals surface area contributed by atoms with Crippen LogP contribution in [0, 0.1) is 5.92 Å². The maximum Gasteiger partial charge on any atom is 0.157 e. The number of likely N-dealkylation sites (tertiary alicyclic amines) is 1. The predicted octanol–water partition coefficient (Wildman–Crippen LogP) is 3.11. The molecule has 3 rings (SSSR count). The molecule has 0 aromatic rings. The fraction of sp³-hybridized carbons (Fsp3) is 0.938. The summed E-state index contributed by atoms with van der Waals surface area (Å²) in [5.41, 5.74) is 0.384. The highest BCUT2D eigenvalue weighted by molar-refractivity contribution is 8.14. The number of piperidine rings is 1. The molecule has 3 nitrogen and oxygen atoms in total. The Labute approximate surface area is 128 Å². The van der Waals surface area contributed by atoms with Gasteiger partial charge in [-0.15, -0.1) is 0 Å². The molecule has 0 amide bonds. The summed E-state index contributed by atoms with van der Waals surface area (Å²) in [6, 6.07) is 0.524. The van der Waals surface area contributed by atoms with Gasteiger partial charge in [-0.2, -0.15) is 0 Å². The second kappa shape index (κ2) is 6.27. The lowest BCUT2D eigenvalue weighted by molar-refractivity contribution is 0.219. The first kappa shape index (κ1) is 14.7. The maximum atomic E-state index is 5.03. The first-order valence-electron chi connectivity index (χ1n) is 8.40. The minimum absolute atomic E-state index is 0.384. The molecular weight excluding hydrogens is 266 g/mol. The minimum atomic E-state index is 0.384. The summed E-state index contributed by atoms with van der Waals surface area (Å²) in [6.07, 6.45) is 8.02. The summed E-state index contributed by atoms with van der Waals surface area (Å²) >= 11 is 1.97. The molecule has 0 bridgehead atoms. The second-order valence-electron chi connectivity index (χ2n) is 7.00. The van der Waals surface area contributed by atoms with Crippen molar-refractivity contribution < 1.29 is 0 Å². The number of rotatable bonds is 2. The van der Waals surface area contributed by atoms with Crippen molar-refractivity contribution in [3.63, 3.8) is 0 Å². The normalized spacial score (nSPS) is 41.2. The van der Waals surface area contributed by atoms with Gasteiger partial charge in [0.05, 0.1) is 6.04 Å². The fourth-order valence-electron chi connectivity index (χ4n) is 3.75. The van der Waals surface area contributed by atoms with Crippen molar-refractivity contribution >= 4 is 16.9 Å². The Hall–Kier alpha value is -0.220. The number of hydrogen-bond acceptors (Lipinski definition) is 3. The van der Waals surface area contributed by atoms with E-state index in [-0.39, 0.29) is 0 Å². The van der Waals surface area contributed by atoms with E-state index in [1.807, 2.05) is 11.8 Å². The van der Waals surface area contributed by atoms with Gasteiger partial charge < -0.3 is 10.2 Å². The molecule has 1 atom stereocenters. The highest BCUT2D eigenvalue weighted by atomic mass is 32.2. The van der Waals surface area contributed by atoms with Gasteiger partial charge in [-0.3, -0.25) is 4.99 Å². The van der Waals surface area contributed by atoms with Gasteiger partial charge in [0, 0.05) is 17.8 Å². The quantitative estimate of drug-likeness (QED) is 0.848. The van der Waals surface area contributed by atoms with E-state index in [1.54, 1.807) is 0 Å². The van der Waals surface area contributed by atoms with Crippen molar-refractivity contribution in [2.45, 2.75) is 64.0 Å². The summed E-state index contributed by atoms with van der Waals surface area (Å²) in [6.45, 7) is 8.25. The molecule has 1 aliphatic carbocycles. The molecule has 0 radical (unpaired) electrons. The van der Waals surface area contributed by atoms with Gasteiger partial charge in [0.2, 0.25) is 0 Å². The molecule has 3 fully saturated rings. The monoisotopic (exact) mass is 295 g/mol. The summed E-state index contributed by atoms with van der Waals surface area (Å²) in [7, 11) is 0. The van der Waals surface area contributed by atoms with Crippen LogP contribution in [0.5, 0.6) is 0 Å². The number of thioether (sulfide) groups is 1. The van der Waals surface area contributed by atoms with Gasteiger partial charge in [-0.1, -0.05) is 25.6 Å². The molecule has 3 aliphatic rings. The van der Waals surface area contributed by atoms with Crippen molar-refractivity contribution in [1.29, 1.82) is 0 Å². The SMILES string of the molecule is CCN1CCCC(N=C2NC3(CCC(C)CC3)CS2)C1. The predicted molar refractivity (Wildman–Crippen MR) is 88.5 cm³/mol. The molecule has 2 heterocycles. The Morgan fingerprint density at radius 3 is 2.90 bits per heavy atom. The highest BCUT2D eigenvalue weighted by Gasteiger charge is 2.39. The molecule has 2 saturated heterocycles. The van der Waals surface area contributed by atoms with Crippen molar-refractivity contribution in [2.24, 2.45) is 10.9 Å². The fourth-order valence-corrected chi connectivity index (χ4v) is 5.03. The lowest BCUT2D eigenvalue weighted by atomic mass is 9.78. The zero-order chi connectivity index (χ0) is 14.0. The molecule has 20 heavy (non-hydrogen) atoms. The summed E-state index contributed by atoms with van der Waals surface area (Å²) in [5.74, 6) is 2.16. The number of likely N-dealkylation sites (N-methyl/N-ethyl adjacent to an activating group) is 1. The van der Waals surface area contributed by atoms with Crippen LogP contribution in [-0.4, -0.2) is 47.0 Å². The molecule has 0 aromatic heterocycles. The van der Waals surface area contributed by atoms with Crippen LogP contribution in [-0.2, 0) is 0 Å². The van der Waals surface area contributed by atoms with E-state index in [9.17, 15) is 0 Å². The smallest absolute Gasteiger partial charge is 0.157 e. The van der Waals surface area contributed by atoms with Crippen LogP contribution in [0.4, 0.5) is 0 Å². The van der Waals surface area contributed by atoms with E-state index in [0.717, 1.165) is 12.5 Å². The van der Waals surface area contributed by atoms with E-state index in [4.69, 9.17) is 4.99 Å². The van der Waals surface area contributed by atoms with Crippen molar-refractivity contribution in [3.05, 3.63) is 0 Å². The lowest BCUT2D eigenvalue weighted by Gasteiger charge is -2.36. The molecule has 1 unspecified atom stereocenters. The number of aliphatic imine (C=N–C) groups is 1. The lowest BCUT2D eigenvalue weighted by Crippen LogP contribution is -2.46. The summed E-state index contributed by atoms with van der Waals surface area (Å²) in [5, 5.41) is 5.04. The standard InChI is InChI=1S/C16H29N3S/c1-3-19-10-4-5-14(11-19)17-15-18-16(12-20-15)8-6-13(2)7-9-16/h13-14H,3-12H2,1-2H3,(H,17,18). The van der Waals surface area contributed by atoms with E-state index in [1.165, 1.54) is 62.5 Å². The van der Waals surface area contributed by atoms with Crippen LogP contribution in [0.2, 0.25) is 0 Å². The maximum absolute atomic E-state index is 5.03. The molecule has 1 spiro atoms. The van der Waals surface area contributed by atoms with Gasteiger partial charge >= 0.3 is 0 Å². The molecular formula is C16H29N3S. The van der Waals surface area contributed by atoms with E-state index in [2.05, 4.69) is 24.1 Å². The van der Waals surface area contributed by atoms with Crippen LogP contribution in [0.3, 0.4) is 0 Å². The van der Waals surface area contributed by atoms with E-state index < -0.39 is 0 Å². The topological polar surface area (TPSA) is 27.6 Å². The first-order valence-corrected chi connectivity index (χ1v) is 9.39. The van der Waals surface area contributed by atoms with E-state index >= 15 is 0 Å². The molecule has 1 N–H and O–H groups in total. The largest absolute Gasteiger partial charge is 0.359 e. The average molecular weight is 295 g/mol. The minimum Gasteiger partial charge on any atom is -0.359 e. The number of amidine groups is 1. The zero-order valence-corrected chi connectivity index (χ0v) is 13.8. The molecule has 1 saturated carbocycles. The molecule has 2 aliphatic heterocycles. The Bertz CT molecular complexity index is 361. The van der Waals surface area contributed by atoms with Crippen LogP contribution < -0.4 is 5.32 Å². The molecule has 4 heteroatoms. The van der Waals surface area contributed by atoms with E-state index in [0.29, 0.717) is 11.6 Å². The Balaban J connectivity index is 1.57. The van der Waals surface area contributed by atoms with Crippen molar-refractivity contribution in [1.82, 2.24) is 10.2 Å². The van der Waals surface area contributed by atoms with Gasteiger partial charge in [0.15, 0.2) is 5.17 Å². The highest BCUT2D eigenvalue weighted by Crippen LogP contribution is 2.38. The average Bonchev–Trinajstić information content (AvgIpc) is 2.86. The molecule has 0 aromatic carbocycles. The van der Waals surface area contributed by atoms with Gasteiger partial charge in [-0.05, 0) is 57.5 Å². The summed E-state index contributed by atoms with van der Waals surface area (Å²) in [4.78, 5) is 7.57. The Morgan fingerprint density at radius 2 is 2.15 bits per heavy atom. The molecule has 114 valence electrons. The van der Waals surface area contributed by atoms with Crippen LogP contribution in [0.15, 0.2) is 4.99 Å². The summed E-state index contributed by atoms with van der Waals surface area (Å²) < 4.78 is 0. The number of nitrogens with one attached hydrogen (secondary N) is 1. The number of hydrogen-bond donors (Lipinski definition) is 1. The van der Waals surface area contributed by atoms with Crippen LogP contribution in [0.1, 0.15) is 52.4 Å². The van der Waals surface area contributed by atoms with Crippen LogP contribution >= 0.6 is 11.8 Å². The van der Waals surface area contributed by atoms with Crippen molar-refractivity contribution in [2.75, 3.05) is 25.4 Å². The van der Waals surface area contributed by atoms with Gasteiger partial charge in [0.1, 0.15) is 0 Å². The number of nitrogens with zero attached hydrogens (tertiary/aromatic N) is 2. The second-order valence-corrected chi connectivity index (χ2v) is 7.96. The zero-order valence-electron chi connectivity index (χ0n) is 13.0. The van der Waals surface area contributed by atoms with Crippen molar-refractivity contribution in [3.8, 4) is 0 Å². The third-order valence-electron chi connectivity index (χ3n) is 5.32. The van der Waals surface area contributed by atoms with Gasteiger partial charge in [0.25, 0.3) is 0 Å². The Kier molecular flexibility index (Phi) is 4.61. The first-order chi connectivity index (χ1) is 9.69. The Morgan fingerprint density at radius 1 is 1.35 bits per heavy atom.